The third kappa shape index (κ3) is 3.69. The molecule has 1 rings (SSSR count). The van der Waals surface area contributed by atoms with Gasteiger partial charge in [0.1, 0.15) is 11.4 Å². The third-order valence-corrected chi connectivity index (χ3v) is 1.91. The van der Waals surface area contributed by atoms with Crippen LogP contribution in [0.15, 0.2) is 6.20 Å². The molecule has 94 valence electrons. The van der Waals surface area contributed by atoms with Crippen LogP contribution >= 0.6 is 0 Å². The van der Waals surface area contributed by atoms with E-state index in [2.05, 4.69) is 9.97 Å². The van der Waals surface area contributed by atoms with Gasteiger partial charge in [0, 0.05) is 5.92 Å². The summed E-state index contributed by atoms with van der Waals surface area (Å²) in [5.41, 5.74) is -0.564. The highest BCUT2D eigenvalue weighted by molar-refractivity contribution is 5.88. The van der Waals surface area contributed by atoms with Crippen molar-refractivity contribution < 1.29 is 14.6 Å². The Morgan fingerprint density at radius 1 is 1.41 bits per heavy atom. The predicted molar refractivity (Wildman–Crippen MR) is 63.5 cm³/mol. The van der Waals surface area contributed by atoms with Gasteiger partial charge >= 0.3 is 5.97 Å². The van der Waals surface area contributed by atoms with E-state index in [1.807, 2.05) is 34.6 Å². The van der Waals surface area contributed by atoms with Crippen LogP contribution in [0.25, 0.3) is 0 Å². The number of carbonyl (C=O) groups is 1. The fourth-order valence-electron chi connectivity index (χ4n) is 1.22. The number of aromatic nitrogens is 2. The van der Waals surface area contributed by atoms with Gasteiger partial charge < -0.3 is 9.84 Å². The number of ether oxygens (including phenoxy) is 1. The summed E-state index contributed by atoms with van der Waals surface area (Å²) >= 11 is 0. The fourth-order valence-corrected chi connectivity index (χ4v) is 1.22. The Balaban J connectivity index is 3.18. The number of carboxylic acids is 1. The maximum absolute atomic E-state index is 11.1. The molecule has 1 heterocycles. The van der Waals surface area contributed by atoms with Crippen LogP contribution in [0.4, 0.5) is 0 Å². The van der Waals surface area contributed by atoms with E-state index in [-0.39, 0.29) is 17.4 Å². The Hall–Kier alpha value is -1.65. The van der Waals surface area contributed by atoms with E-state index >= 15 is 0 Å². The Labute approximate surface area is 101 Å². The molecule has 0 atom stereocenters. The highest BCUT2D eigenvalue weighted by Gasteiger charge is 2.21. The number of aromatic carboxylic acids is 1. The molecule has 0 aromatic carbocycles. The Kier molecular flexibility index (Phi) is 3.70. The minimum Gasteiger partial charge on any atom is -0.484 e. The van der Waals surface area contributed by atoms with E-state index in [0.29, 0.717) is 5.82 Å². The molecule has 0 spiro atoms. The summed E-state index contributed by atoms with van der Waals surface area (Å²) < 4.78 is 5.52. The number of hydrogen-bond donors (Lipinski definition) is 1. The molecule has 0 unspecified atom stereocenters. The molecule has 0 aliphatic carbocycles. The SMILES string of the molecule is CC(C)c1ncc(OC(C)(C)C)c(C(=O)O)n1. The molecule has 0 aliphatic rings. The summed E-state index contributed by atoms with van der Waals surface area (Å²) in [5, 5.41) is 9.10. The van der Waals surface area contributed by atoms with Gasteiger partial charge in [0.05, 0.1) is 6.20 Å². The van der Waals surface area contributed by atoms with Crippen LogP contribution in [0.1, 0.15) is 56.8 Å². The summed E-state index contributed by atoms with van der Waals surface area (Å²) in [6, 6.07) is 0. The molecule has 0 bridgehead atoms. The van der Waals surface area contributed by atoms with Crippen molar-refractivity contribution in [1.29, 1.82) is 0 Å². The van der Waals surface area contributed by atoms with Crippen LogP contribution in [0.5, 0.6) is 5.75 Å². The number of hydrogen-bond acceptors (Lipinski definition) is 4. The highest BCUT2D eigenvalue weighted by atomic mass is 16.5. The molecule has 0 aliphatic heterocycles. The number of carboxylic acid groups (broad SMARTS) is 1. The normalized spacial score (nSPS) is 11.6. The van der Waals surface area contributed by atoms with Crippen LogP contribution < -0.4 is 4.74 Å². The molecule has 1 aromatic rings. The minimum atomic E-state index is -1.10. The molecular weight excluding hydrogens is 220 g/mol. The van der Waals surface area contributed by atoms with Gasteiger partial charge in [-0.05, 0) is 20.8 Å². The Bertz CT molecular complexity index is 422. The molecule has 1 aromatic heterocycles. The monoisotopic (exact) mass is 238 g/mol. The summed E-state index contributed by atoms with van der Waals surface area (Å²) in [6.07, 6.45) is 1.43. The topological polar surface area (TPSA) is 72.3 Å². The average molecular weight is 238 g/mol. The van der Waals surface area contributed by atoms with E-state index in [1.54, 1.807) is 0 Å². The maximum Gasteiger partial charge on any atom is 0.358 e. The van der Waals surface area contributed by atoms with Gasteiger partial charge in [-0.1, -0.05) is 13.8 Å². The van der Waals surface area contributed by atoms with Gasteiger partial charge in [-0.25, -0.2) is 14.8 Å². The van der Waals surface area contributed by atoms with Crippen LogP contribution in [-0.2, 0) is 0 Å². The lowest BCUT2D eigenvalue weighted by Crippen LogP contribution is -2.25. The lowest BCUT2D eigenvalue weighted by Gasteiger charge is -2.22. The largest absolute Gasteiger partial charge is 0.484 e. The standard InChI is InChI=1S/C12H18N2O3/c1-7(2)10-13-6-8(17-12(3,4)5)9(14-10)11(15)16/h6-7H,1-5H3,(H,15,16). The molecule has 0 amide bonds. The second-order valence-electron chi connectivity index (χ2n) is 5.12. The summed E-state index contributed by atoms with van der Waals surface area (Å²) in [7, 11) is 0. The minimum absolute atomic E-state index is 0.0804. The molecule has 0 saturated carbocycles. The van der Waals surface area contributed by atoms with Crippen LogP contribution in [0, 0.1) is 0 Å². The van der Waals surface area contributed by atoms with Crippen molar-refractivity contribution in [2.24, 2.45) is 0 Å². The van der Waals surface area contributed by atoms with Crippen molar-refractivity contribution in [2.75, 3.05) is 0 Å². The molecule has 0 fully saturated rings. The summed E-state index contributed by atoms with van der Waals surface area (Å²) in [5.74, 6) is -0.316. The average Bonchev–Trinajstić information content (AvgIpc) is 2.14. The van der Waals surface area contributed by atoms with Crippen molar-refractivity contribution >= 4 is 5.97 Å². The van der Waals surface area contributed by atoms with Gasteiger partial charge in [0.15, 0.2) is 11.4 Å². The first-order chi connectivity index (χ1) is 7.70. The van der Waals surface area contributed by atoms with Crippen molar-refractivity contribution in [3.8, 4) is 5.75 Å². The molecule has 5 heteroatoms. The number of rotatable bonds is 3. The van der Waals surface area contributed by atoms with E-state index < -0.39 is 11.6 Å². The lowest BCUT2D eigenvalue weighted by molar-refractivity contribution is 0.0671. The smallest absolute Gasteiger partial charge is 0.358 e. The molecule has 1 N–H and O–H groups in total. The van der Waals surface area contributed by atoms with Crippen molar-refractivity contribution in [1.82, 2.24) is 9.97 Å². The predicted octanol–water partition coefficient (Wildman–Crippen LogP) is 2.48. The van der Waals surface area contributed by atoms with Crippen LogP contribution in [0.2, 0.25) is 0 Å². The first kappa shape index (κ1) is 13.4. The zero-order valence-electron chi connectivity index (χ0n) is 10.8. The van der Waals surface area contributed by atoms with Gasteiger partial charge in [-0.3, -0.25) is 0 Å². The number of nitrogens with zero attached hydrogens (tertiary/aromatic N) is 2. The second kappa shape index (κ2) is 4.69. The molecule has 0 saturated heterocycles. The fraction of sp³-hybridized carbons (Fsp3) is 0.583. The quantitative estimate of drug-likeness (QED) is 0.875. The Morgan fingerprint density at radius 2 is 2.00 bits per heavy atom. The van der Waals surface area contributed by atoms with E-state index in [1.165, 1.54) is 6.20 Å². The Morgan fingerprint density at radius 3 is 2.41 bits per heavy atom. The second-order valence-corrected chi connectivity index (χ2v) is 5.12. The summed E-state index contributed by atoms with van der Waals surface area (Å²) in [6.45, 7) is 9.34. The van der Waals surface area contributed by atoms with Crippen molar-refractivity contribution in [2.45, 2.75) is 46.1 Å². The lowest BCUT2D eigenvalue weighted by atomic mass is 10.2. The van der Waals surface area contributed by atoms with Crippen molar-refractivity contribution in [3.05, 3.63) is 17.7 Å². The van der Waals surface area contributed by atoms with Crippen molar-refractivity contribution in [3.63, 3.8) is 0 Å². The van der Waals surface area contributed by atoms with Crippen LogP contribution in [0.3, 0.4) is 0 Å². The van der Waals surface area contributed by atoms with E-state index in [0.717, 1.165) is 0 Å². The molecule has 17 heavy (non-hydrogen) atoms. The van der Waals surface area contributed by atoms with Gasteiger partial charge in [0.25, 0.3) is 0 Å². The van der Waals surface area contributed by atoms with Gasteiger partial charge in [-0.2, -0.15) is 0 Å². The zero-order chi connectivity index (χ0) is 13.2. The van der Waals surface area contributed by atoms with Gasteiger partial charge in [-0.15, -0.1) is 0 Å². The molecule has 5 nitrogen and oxygen atoms in total. The van der Waals surface area contributed by atoms with Gasteiger partial charge in [0.2, 0.25) is 0 Å². The first-order valence-corrected chi connectivity index (χ1v) is 5.50. The molecule has 0 radical (unpaired) electrons. The van der Waals surface area contributed by atoms with E-state index in [4.69, 9.17) is 9.84 Å². The first-order valence-electron chi connectivity index (χ1n) is 5.50. The zero-order valence-corrected chi connectivity index (χ0v) is 10.8. The van der Waals surface area contributed by atoms with Crippen LogP contribution in [-0.4, -0.2) is 26.6 Å². The highest BCUT2D eigenvalue weighted by Crippen LogP contribution is 2.22. The summed E-state index contributed by atoms with van der Waals surface area (Å²) in [4.78, 5) is 19.2. The van der Waals surface area contributed by atoms with E-state index in [9.17, 15) is 4.79 Å². The third-order valence-electron chi connectivity index (χ3n) is 1.91. The maximum atomic E-state index is 11.1. The molecular formula is C12H18N2O3.